The second-order valence-electron chi connectivity index (χ2n) is 23.1. The summed E-state index contributed by atoms with van der Waals surface area (Å²) < 4.78 is 0. The smallest absolute Gasteiger partial charge is 0.0545 e. The van der Waals surface area contributed by atoms with Gasteiger partial charge in [0, 0.05) is 50.4 Å². The Morgan fingerprint density at radius 3 is 1.61 bits per heavy atom. The van der Waals surface area contributed by atoms with E-state index in [1.165, 1.54) is 95.1 Å². The Balaban J connectivity index is 1.11. The van der Waals surface area contributed by atoms with E-state index in [-0.39, 0.29) is 10.8 Å². The molecule has 12 rings (SSSR count). The van der Waals surface area contributed by atoms with Crippen LogP contribution in [-0.2, 0) is 29.1 Å². The van der Waals surface area contributed by atoms with Crippen LogP contribution in [-0.4, -0.2) is 0 Å². The molecule has 1 unspecified atom stereocenters. The number of benzene rings is 8. The van der Waals surface area contributed by atoms with Crippen LogP contribution >= 0.6 is 0 Å². The standard InChI is InChI=1S/C72H69N3/c1-11-13-16-23-52-41-57(34-27-48(52)4)73(55-35-28-49(29-36-55)20-14-12-2)59-43-63-68-65(45-59)72(9,10)66-46-60(44-64-69(66)75(68)67-61(70(63,5)6)24-19-25-62(67)71(64,7)8)74(58-39-33-53-40-47(3)26-30-54(53)42-58)56-37-31-51(32-38-56)50-21-17-15-18-22-50/h11-19,21-39,41-47H,20,40H2,1-10H3/b13-11-,14-12-,23-16-. The zero-order valence-corrected chi connectivity index (χ0v) is 45.5. The highest BCUT2D eigenvalue weighted by atomic mass is 15.2. The van der Waals surface area contributed by atoms with Crippen molar-refractivity contribution in [1.82, 2.24) is 0 Å². The number of hydrogen-bond donors (Lipinski definition) is 0. The van der Waals surface area contributed by atoms with Crippen molar-refractivity contribution in [3.05, 3.63) is 255 Å². The molecule has 0 radical (unpaired) electrons. The molecule has 0 fully saturated rings. The predicted molar refractivity (Wildman–Crippen MR) is 321 cm³/mol. The summed E-state index contributed by atoms with van der Waals surface area (Å²) in [4.78, 5) is 7.73. The molecular formula is C72H69N3. The molecule has 8 aromatic rings. The predicted octanol–water partition coefficient (Wildman–Crippen LogP) is 19.9. The van der Waals surface area contributed by atoms with Crippen LogP contribution in [0.25, 0.3) is 23.3 Å². The second-order valence-corrected chi connectivity index (χ2v) is 23.1. The average Bonchev–Trinajstić information content (AvgIpc) is 3.43. The first kappa shape index (κ1) is 48.1. The van der Waals surface area contributed by atoms with Gasteiger partial charge in [0.2, 0.25) is 0 Å². The van der Waals surface area contributed by atoms with E-state index in [2.05, 4.69) is 290 Å². The van der Waals surface area contributed by atoms with Gasteiger partial charge >= 0.3 is 0 Å². The Hall–Kier alpha value is -7.88. The molecule has 8 aromatic carbocycles. The van der Waals surface area contributed by atoms with E-state index in [0.29, 0.717) is 5.92 Å². The Bertz CT molecular complexity index is 3670. The van der Waals surface area contributed by atoms with Crippen molar-refractivity contribution < 1.29 is 0 Å². The largest absolute Gasteiger partial charge is 0.310 e. The molecule has 0 amide bonds. The van der Waals surface area contributed by atoms with Crippen molar-refractivity contribution in [2.24, 2.45) is 5.92 Å². The molecule has 0 bridgehead atoms. The van der Waals surface area contributed by atoms with E-state index in [9.17, 15) is 0 Å². The second kappa shape index (κ2) is 18.2. The van der Waals surface area contributed by atoms with E-state index in [4.69, 9.17) is 0 Å². The lowest BCUT2D eigenvalue weighted by Crippen LogP contribution is -2.44. The first-order chi connectivity index (χ1) is 36.2. The van der Waals surface area contributed by atoms with Crippen molar-refractivity contribution in [1.29, 1.82) is 0 Å². The number of nitrogens with zero attached hydrogens (tertiary/aromatic N) is 3. The van der Waals surface area contributed by atoms with Crippen molar-refractivity contribution in [2.45, 2.75) is 98.3 Å². The lowest BCUT2D eigenvalue weighted by molar-refractivity contribution is 0.567. The lowest BCUT2D eigenvalue weighted by Gasteiger charge is -2.55. The minimum absolute atomic E-state index is 0.305. The highest BCUT2D eigenvalue weighted by molar-refractivity contribution is 6.01. The summed E-state index contributed by atoms with van der Waals surface area (Å²) in [6.07, 6.45) is 19.6. The third-order valence-electron chi connectivity index (χ3n) is 17.1. The van der Waals surface area contributed by atoms with Crippen LogP contribution in [0.4, 0.5) is 51.2 Å². The van der Waals surface area contributed by atoms with Crippen molar-refractivity contribution in [2.75, 3.05) is 14.7 Å². The van der Waals surface area contributed by atoms with Crippen molar-refractivity contribution >= 4 is 63.3 Å². The minimum atomic E-state index is -0.417. The minimum Gasteiger partial charge on any atom is -0.310 e. The summed E-state index contributed by atoms with van der Waals surface area (Å²) in [6, 6.07) is 60.5. The summed E-state index contributed by atoms with van der Waals surface area (Å²) in [5.41, 5.74) is 26.8. The monoisotopic (exact) mass is 976 g/mol. The van der Waals surface area contributed by atoms with Crippen LogP contribution in [0.3, 0.4) is 0 Å². The van der Waals surface area contributed by atoms with Crippen molar-refractivity contribution in [3.63, 3.8) is 0 Å². The molecule has 0 saturated heterocycles. The molecule has 1 aliphatic carbocycles. The van der Waals surface area contributed by atoms with Crippen LogP contribution in [0.2, 0.25) is 0 Å². The van der Waals surface area contributed by atoms with Gasteiger partial charge in [-0.05, 0) is 185 Å². The number of rotatable bonds is 11. The van der Waals surface area contributed by atoms with E-state index < -0.39 is 5.41 Å². The molecule has 0 saturated carbocycles. The third kappa shape index (κ3) is 7.85. The highest BCUT2D eigenvalue weighted by Gasteiger charge is 2.52. The first-order valence-corrected chi connectivity index (χ1v) is 27.2. The highest BCUT2D eigenvalue weighted by Crippen LogP contribution is 2.67. The van der Waals surface area contributed by atoms with Gasteiger partial charge in [-0.15, -0.1) is 0 Å². The number of anilines is 9. The molecule has 3 nitrogen and oxygen atoms in total. The Morgan fingerprint density at radius 1 is 0.507 bits per heavy atom. The van der Waals surface area contributed by atoms with Crippen LogP contribution in [0.15, 0.2) is 194 Å². The van der Waals surface area contributed by atoms with E-state index in [1.807, 2.05) is 0 Å². The SMILES string of the molecule is C/C=C\C=C/c1cc(N(c2ccc(C/C=C\C)cc2)c2cc3c4c(c2)C(C)(C)c2cc(N(c5ccc(-c6ccccc6)cc5)c5ccc6c(c5)C=CC(C)C6)cc5c2N4c2c(cccc2C3(C)C)C5(C)C)ccc1C. The summed E-state index contributed by atoms with van der Waals surface area (Å²) in [6.45, 7) is 23.5. The average molecular weight is 976 g/mol. The topological polar surface area (TPSA) is 9.72 Å². The van der Waals surface area contributed by atoms with Gasteiger partial charge in [0.15, 0.2) is 0 Å². The normalized spacial score (nSPS) is 16.9. The number of para-hydroxylation sites is 1. The van der Waals surface area contributed by atoms with Crippen LogP contribution in [0.5, 0.6) is 0 Å². The third-order valence-corrected chi connectivity index (χ3v) is 17.1. The van der Waals surface area contributed by atoms with E-state index in [0.717, 1.165) is 41.3 Å². The fourth-order valence-corrected chi connectivity index (χ4v) is 12.8. The zero-order valence-electron chi connectivity index (χ0n) is 45.5. The molecule has 3 heterocycles. The number of aryl methyl sites for hydroxylation is 1. The summed E-state index contributed by atoms with van der Waals surface area (Å²) in [5.74, 6) is 0.524. The Kier molecular flexibility index (Phi) is 11.7. The van der Waals surface area contributed by atoms with Crippen LogP contribution in [0, 0.1) is 12.8 Å². The number of allylic oxidation sites excluding steroid dienone is 6. The maximum atomic E-state index is 2.70. The molecule has 3 heteroatoms. The molecule has 0 aromatic heterocycles. The maximum absolute atomic E-state index is 2.70. The fraction of sp³-hybridized carbons (Fsp3) is 0.222. The summed E-state index contributed by atoms with van der Waals surface area (Å²) in [7, 11) is 0. The molecule has 372 valence electrons. The van der Waals surface area contributed by atoms with Crippen molar-refractivity contribution in [3.8, 4) is 11.1 Å². The molecule has 75 heavy (non-hydrogen) atoms. The van der Waals surface area contributed by atoms with Gasteiger partial charge < -0.3 is 14.7 Å². The quantitative estimate of drug-likeness (QED) is 0.0945. The molecule has 0 spiro atoms. The Labute approximate surface area is 446 Å². The van der Waals surface area contributed by atoms with Gasteiger partial charge in [-0.1, -0.05) is 182 Å². The van der Waals surface area contributed by atoms with Gasteiger partial charge in [-0.25, -0.2) is 0 Å². The maximum Gasteiger partial charge on any atom is 0.0545 e. The van der Waals surface area contributed by atoms with Gasteiger partial charge in [0.1, 0.15) is 0 Å². The zero-order chi connectivity index (χ0) is 52.0. The van der Waals surface area contributed by atoms with Gasteiger partial charge in [-0.3, -0.25) is 0 Å². The molecular weight excluding hydrogens is 907 g/mol. The molecule has 0 N–H and O–H groups in total. The fourth-order valence-electron chi connectivity index (χ4n) is 12.8. The van der Waals surface area contributed by atoms with Gasteiger partial charge in [0.25, 0.3) is 0 Å². The number of fused-ring (bicyclic) bond motifs is 1. The van der Waals surface area contributed by atoms with Gasteiger partial charge in [0.05, 0.1) is 17.1 Å². The van der Waals surface area contributed by atoms with Crippen LogP contribution in [0.1, 0.15) is 124 Å². The number of hydrogen-bond acceptors (Lipinski definition) is 3. The molecule has 1 atom stereocenters. The first-order valence-electron chi connectivity index (χ1n) is 27.2. The molecule has 3 aliphatic heterocycles. The summed E-state index contributed by atoms with van der Waals surface area (Å²) >= 11 is 0. The molecule has 4 aliphatic rings. The lowest BCUT2D eigenvalue weighted by atomic mass is 9.60. The van der Waals surface area contributed by atoms with Gasteiger partial charge in [-0.2, -0.15) is 0 Å². The Morgan fingerprint density at radius 2 is 1.03 bits per heavy atom. The van der Waals surface area contributed by atoms with Crippen LogP contribution < -0.4 is 14.7 Å². The summed E-state index contributed by atoms with van der Waals surface area (Å²) in [5, 5.41) is 0. The van der Waals surface area contributed by atoms with E-state index in [1.54, 1.807) is 0 Å². The van der Waals surface area contributed by atoms with E-state index >= 15 is 0 Å².